The molecule has 0 aromatic heterocycles. The van der Waals surface area contributed by atoms with Crippen molar-refractivity contribution in [3.8, 4) is 0 Å². The highest BCUT2D eigenvalue weighted by Gasteiger charge is 2.33. The third-order valence-electron chi connectivity index (χ3n) is 2.70. The number of sulfone groups is 1. The zero-order valence-electron chi connectivity index (χ0n) is 9.81. The van der Waals surface area contributed by atoms with Crippen molar-refractivity contribution in [2.24, 2.45) is 0 Å². The van der Waals surface area contributed by atoms with Crippen LogP contribution in [0.3, 0.4) is 0 Å². The van der Waals surface area contributed by atoms with Gasteiger partial charge in [-0.15, -0.1) is 0 Å². The molecule has 1 amide bonds. The average Bonchev–Trinajstić information content (AvgIpc) is 2.55. The van der Waals surface area contributed by atoms with Crippen molar-refractivity contribution in [1.29, 1.82) is 0 Å². The molecule has 0 aromatic rings. The Balaban J connectivity index is 2.67. The fourth-order valence-electron chi connectivity index (χ4n) is 1.98. The van der Waals surface area contributed by atoms with Crippen LogP contribution in [0.1, 0.15) is 19.8 Å². The number of hydrogen-bond acceptors (Lipinski definition) is 4. The van der Waals surface area contributed by atoms with Crippen LogP contribution < -0.4 is 0 Å². The van der Waals surface area contributed by atoms with Gasteiger partial charge in [-0.25, -0.2) is 8.42 Å². The zero-order valence-corrected chi connectivity index (χ0v) is 10.6. The molecule has 1 atom stereocenters. The van der Waals surface area contributed by atoms with Gasteiger partial charge in [-0.3, -0.25) is 4.79 Å². The summed E-state index contributed by atoms with van der Waals surface area (Å²) in [5, 5.41) is 0. The van der Waals surface area contributed by atoms with Crippen LogP contribution >= 0.6 is 0 Å². The van der Waals surface area contributed by atoms with E-state index in [-0.39, 0.29) is 30.1 Å². The van der Waals surface area contributed by atoms with Gasteiger partial charge < -0.3 is 9.64 Å². The van der Waals surface area contributed by atoms with E-state index in [0.29, 0.717) is 13.0 Å². The molecule has 16 heavy (non-hydrogen) atoms. The van der Waals surface area contributed by atoms with Crippen LogP contribution in [-0.2, 0) is 19.4 Å². The van der Waals surface area contributed by atoms with Gasteiger partial charge in [0, 0.05) is 19.7 Å². The molecule has 0 bridgehead atoms. The molecule has 0 N–H and O–H groups in total. The van der Waals surface area contributed by atoms with E-state index < -0.39 is 9.84 Å². The first-order chi connectivity index (χ1) is 7.50. The van der Waals surface area contributed by atoms with Gasteiger partial charge in [0.25, 0.3) is 0 Å². The summed E-state index contributed by atoms with van der Waals surface area (Å²) in [4.78, 5) is 13.4. The van der Waals surface area contributed by atoms with Crippen molar-refractivity contribution in [3.05, 3.63) is 0 Å². The summed E-state index contributed by atoms with van der Waals surface area (Å²) in [6.45, 7) is 2.59. The maximum absolute atomic E-state index is 11.7. The second-order valence-corrected chi connectivity index (χ2v) is 6.31. The summed E-state index contributed by atoms with van der Waals surface area (Å²) in [6.07, 6.45) is 1.38. The zero-order chi connectivity index (χ0) is 12.2. The van der Waals surface area contributed by atoms with Gasteiger partial charge in [-0.2, -0.15) is 0 Å². The maximum Gasteiger partial charge on any atom is 0.248 e. The smallest absolute Gasteiger partial charge is 0.248 e. The van der Waals surface area contributed by atoms with Crippen LogP contribution in [0.25, 0.3) is 0 Å². The fourth-order valence-corrected chi connectivity index (χ4v) is 3.71. The fraction of sp³-hybridized carbons (Fsp3) is 0.900. The highest BCUT2D eigenvalue weighted by Crippen LogP contribution is 2.18. The highest BCUT2D eigenvalue weighted by atomic mass is 32.2. The molecule has 0 aromatic carbocycles. The van der Waals surface area contributed by atoms with Crippen LogP contribution in [-0.4, -0.2) is 57.0 Å². The minimum absolute atomic E-state index is 0.0244. The molecule has 5 nitrogen and oxygen atoms in total. The van der Waals surface area contributed by atoms with E-state index in [4.69, 9.17) is 4.74 Å². The second kappa shape index (κ2) is 5.63. The van der Waals surface area contributed by atoms with Gasteiger partial charge in [-0.1, -0.05) is 6.92 Å². The van der Waals surface area contributed by atoms with Crippen LogP contribution in [0.4, 0.5) is 0 Å². The minimum atomic E-state index is -2.94. The van der Waals surface area contributed by atoms with Gasteiger partial charge in [-0.05, 0) is 12.8 Å². The van der Waals surface area contributed by atoms with Crippen molar-refractivity contribution >= 4 is 15.7 Å². The number of carbonyl (C=O) groups excluding carboxylic acids is 1. The van der Waals surface area contributed by atoms with Crippen LogP contribution in [0.15, 0.2) is 0 Å². The number of rotatable bonds is 5. The molecule has 0 spiro atoms. The molecule has 0 aliphatic carbocycles. The minimum Gasteiger partial charge on any atom is -0.375 e. The van der Waals surface area contributed by atoms with E-state index in [1.54, 1.807) is 4.90 Å². The van der Waals surface area contributed by atoms with Gasteiger partial charge >= 0.3 is 0 Å². The molecule has 1 aliphatic rings. The molecular weight excluding hydrogens is 230 g/mol. The number of nitrogens with zero attached hydrogens (tertiary/aromatic N) is 1. The summed E-state index contributed by atoms with van der Waals surface area (Å²) in [5.41, 5.74) is 0. The van der Waals surface area contributed by atoms with E-state index in [9.17, 15) is 13.2 Å². The first-order valence-electron chi connectivity index (χ1n) is 5.49. The van der Waals surface area contributed by atoms with E-state index in [1.165, 1.54) is 7.11 Å². The standard InChI is InChI=1S/C10H19NO4S/c1-3-5-11(10(12)7-15-2)9-4-6-16(13,14)8-9/h9H,3-8H2,1-2H3. The maximum atomic E-state index is 11.7. The summed E-state index contributed by atoms with van der Waals surface area (Å²) < 4.78 is 27.5. The Morgan fingerprint density at radius 2 is 2.19 bits per heavy atom. The predicted octanol–water partition coefficient (Wildman–Crippen LogP) is 0.0585. The van der Waals surface area contributed by atoms with E-state index in [0.717, 1.165) is 6.42 Å². The van der Waals surface area contributed by atoms with Crippen LogP contribution in [0.5, 0.6) is 0 Å². The largest absolute Gasteiger partial charge is 0.375 e. The number of amides is 1. The lowest BCUT2D eigenvalue weighted by atomic mass is 10.2. The van der Waals surface area contributed by atoms with Gasteiger partial charge in [0.1, 0.15) is 6.61 Å². The molecule has 1 saturated heterocycles. The van der Waals surface area contributed by atoms with Crippen molar-refractivity contribution in [3.63, 3.8) is 0 Å². The van der Waals surface area contributed by atoms with E-state index in [2.05, 4.69) is 0 Å². The molecule has 1 aliphatic heterocycles. The molecule has 1 rings (SSSR count). The Bertz CT molecular complexity index is 339. The number of hydrogen-bond donors (Lipinski definition) is 0. The lowest BCUT2D eigenvalue weighted by Crippen LogP contribution is -2.43. The molecule has 1 fully saturated rings. The Labute approximate surface area is 96.7 Å². The summed E-state index contributed by atoms with van der Waals surface area (Å²) in [6, 6.07) is -0.160. The van der Waals surface area contributed by atoms with Crippen molar-refractivity contribution < 1.29 is 17.9 Å². The molecule has 1 heterocycles. The third-order valence-corrected chi connectivity index (χ3v) is 4.45. The molecule has 0 saturated carbocycles. The average molecular weight is 249 g/mol. The Morgan fingerprint density at radius 1 is 1.50 bits per heavy atom. The first kappa shape index (κ1) is 13.4. The van der Waals surface area contributed by atoms with Crippen molar-refractivity contribution in [2.75, 3.05) is 31.8 Å². The van der Waals surface area contributed by atoms with Gasteiger partial charge in [0.2, 0.25) is 5.91 Å². The van der Waals surface area contributed by atoms with E-state index >= 15 is 0 Å². The quantitative estimate of drug-likeness (QED) is 0.691. The summed E-state index contributed by atoms with van der Waals surface area (Å²) in [5.74, 6) is 0.173. The van der Waals surface area contributed by atoms with Crippen LogP contribution in [0, 0.1) is 0 Å². The first-order valence-corrected chi connectivity index (χ1v) is 7.31. The second-order valence-electron chi connectivity index (χ2n) is 4.08. The third kappa shape index (κ3) is 3.45. The van der Waals surface area contributed by atoms with Crippen LogP contribution in [0.2, 0.25) is 0 Å². The highest BCUT2D eigenvalue weighted by molar-refractivity contribution is 7.91. The van der Waals surface area contributed by atoms with E-state index in [1.807, 2.05) is 6.92 Å². The molecule has 6 heteroatoms. The van der Waals surface area contributed by atoms with Gasteiger partial charge in [0.15, 0.2) is 9.84 Å². The molecular formula is C10H19NO4S. The monoisotopic (exact) mass is 249 g/mol. The number of methoxy groups -OCH3 is 1. The number of ether oxygens (including phenoxy) is 1. The lowest BCUT2D eigenvalue weighted by molar-refractivity contribution is -0.137. The SMILES string of the molecule is CCCN(C(=O)COC)C1CCS(=O)(=O)C1. The van der Waals surface area contributed by atoms with Crippen molar-refractivity contribution in [2.45, 2.75) is 25.8 Å². The van der Waals surface area contributed by atoms with Crippen molar-refractivity contribution in [1.82, 2.24) is 4.90 Å². The Hall–Kier alpha value is -0.620. The number of carbonyl (C=O) groups is 1. The van der Waals surface area contributed by atoms with Gasteiger partial charge in [0.05, 0.1) is 11.5 Å². The Kier molecular flexibility index (Phi) is 4.73. The topological polar surface area (TPSA) is 63.7 Å². The summed E-state index contributed by atoms with van der Waals surface area (Å²) >= 11 is 0. The molecule has 94 valence electrons. The Morgan fingerprint density at radius 3 is 2.62 bits per heavy atom. The molecule has 1 unspecified atom stereocenters. The summed E-state index contributed by atoms with van der Waals surface area (Å²) in [7, 11) is -1.48. The predicted molar refractivity (Wildman–Crippen MR) is 60.9 cm³/mol. The molecule has 0 radical (unpaired) electrons. The normalized spacial score (nSPS) is 23.2. The lowest BCUT2D eigenvalue weighted by Gasteiger charge is -2.27.